The molecule has 1 aliphatic heterocycles. The van der Waals surface area contributed by atoms with Crippen LogP contribution in [-0.4, -0.2) is 79.7 Å². The lowest BCUT2D eigenvalue weighted by Gasteiger charge is -2.24. The summed E-state index contributed by atoms with van der Waals surface area (Å²) in [6.07, 6.45) is -8.71. The molecule has 3 rings (SSSR count). The third-order valence-electron chi connectivity index (χ3n) is 5.23. The van der Waals surface area contributed by atoms with Crippen LogP contribution in [0.25, 0.3) is 11.2 Å². The first-order valence-corrected chi connectivity index (χ1v) is 11.6. The Labute approximate surface area is 218 Å². The summed E-state index contributed by atoms with van der Waals surface area (Å²) in [4.78, 5) is 59.6. The number of hydrogen-bond acceptors (Lipinski definition) is 12. The molecule has 5 atom stereocenters. The normalized spacial score (nSPS) is 22.1. The summed E-state index contributed by atoms with van der Waals surface area (Å²) in [7, 11) is 0. The van der Waals surface area contributed by atoms with Crippen LogP contribution in [-0.2, 0) is 38.1 Å². The number of anilines is 1. The van der Waals surface area contributed by atoms with E-state index in [2.05, 4.69) is 32.9 Å². The second-order valence-electron chi connectivity index (χ2n) is 8.22. The molecule has 208 valence electrons. The average Bonchev–Trinajstić information content (AvgIpc) is 3.37. The Morgan fingerprint density at radius 1 is 1.11 bits per heavy atom. The van der Waals surface area contributed by atoms with Gasteiger partial charge < -0.3 is 24.3 Å². The van der Waals surface area contributed by atoms with Gasteiger partial charge in [0.1, 0.15) is 19.0 Å². The van der Waals surface area contributed by atoms with E-state index in [1.165, 1.54) is 17.8 Å². The van der Waals surface area contributed by atoms with Crippen molar-refractivity contribution in [2.75, 3.05) is 11.9 Å². The Balaban J connectivity index is 1.96. The highest BCUT2D eigenvalue weighted by atomic mass is 32.1. The third kappa shape index (κ3) is 7.09. The second-order valence-corrected chi connectivity index (χ2v) is 8.84. The molecule has 0 radical (unpaired) electrons. The van der Waals surface area contributed by atoms with Gasteiger partial charge in [-0.25, -0.2) is 15.0 Å². The van der Waals surface area contributed by atoms with Crippen LogP contribution in [0.15, 0.2) is 12.7 Å². The van der Waals surface area contributed by atoms with Gasteiger partial charge in [-0.3, -0.25) is 23.7 Å². The van der Waals surface area contributed by atoms with Crippen LogP contribution < -0.4 is 5.32 Å². The fourth-order valence-electron chi connectivity index (χ4n) is 3.65. The minimum absolute atomic E-state index is 0.0766. The first-order chi connectivity index (χ1) is 17.8. The number of thiol groups is 1. The topological polar surface area (TPSA) is 161 Å². The highest BCUT2D eigenvalue weighted by Gasteiger charge is 2.51. The van der Waals surface area contributed by atoms with Gasteiger partial charge in [0.05, 0.1) is 11.6 Å². The molecule has 1 amide bonds. The first kappa shape index (κ1) is 29.1. The summed E-state index contributed by atoms with van der Waals surface area (Å²) < 4.78 is 61.5. The number of esters is 3. The molecule has 0 aromatic carbocycles. The van der Waals surface area contributed by atoms with E-state index in [0.717, 1.165) is 20.2 Å². The molecule has 1 saturated heterocycles. The fourth-order valence-corrected chi connectivity index (χ4v) is 3.78. The van der Waals surface area contributed by atoms with Crippen molar-refractivity contribution in [1.82, 2.24) is 19.5 Å². The lowest BCUT2D eigenvalue weighted by atomic mass is 10.1. The van der Waals surface area contributed by atoms with E-state index in [-0.39, 0.29) is 17.0 Å². The molecule has 17 heteroatoms. The molecular formula is C21H24F3N5O8S. The average molecular weight is 564 g/mol. The molecular weight excluding hydrogens is 539 g/mol. The maximum atomic E-state index is 12.8. The number of hydrogen-bond donors (Lipinski definition) is 2. The molecule has 13 nitrogen and oxygen atoms in total. The van der Waals surface area contributed by atoms with Gasteiger partial charge in [-0.05, 0) is 6.42 Å². The number of carbonyl (C=O) groups is 4. The standard InChI is InChI=1S/C21H24F3N5O8S/c1-9(30)28-18-15-19(26-7-25-18)29(8-27-15)20-17(37-14(33)5-4-13(38)21(22,23)24)16(35-11(3)32)12(36-20)6-34-10(2)31/h7-8,12-13,16-17,20,38H,4-6H2,1-3H3,(H,25,26,28,30)/t12-,13?,16-,17-,20-/m1/s1. The molecule has 0 bridgehead atoms. The number of ether oxygens (including phenoxy) is 4. The number of nitrogens with zero attached hydrogens (tertiary/aromatic N) is 4. The summed E-state index contributed by atoms with van der Waals surface area (Å²) in [5, 5.41) is 0.431. The van der Waals surface area contributed by atoms with Crippen molar-refractivity contribution in [2.45, 2.75) is 69.6 Å². The molecule has 1 unspecified atom stereocenters. The fraction of sp³-hybridized carbons (Fsp3) is 0.571. The maximum Gasteiger partial charge on any atom is 0.400 e. The Kier molecular flexibility index (Phi) is 9.14. The number of aromatic nitrogens is 4. The molecule has 1 fully saturated rings. The highest BCUT2D eigenvalue weighted by Crippen LogP contribution is 2.37. The summed E-state index contributed by atoms with van der Waals surface area (Å²) in [6, 6.07) is 0. The number of rotatable bonds is 9. The van der Waals surface area contributed by atoms with Crippen molar-refractivity contribution in [3.63, 3.8) is 0 Å². The molecule has 1 aliphatic rings. The van der Waals surface area contributed by atoms with Crippen LogP contribution in [0, 0.1) is 0 Å². The van der Waals surface area contributed by atoms with E-state index in [1.807, 2.05) is 0 Å². The molecule has 0 saturated carbocycles. The van der Waals surface area contributed by atoms with Gasteiger partial charge in [0, 0.05) is 27.2 Å². The minimum atomic E-state index is -4.63. The van der Waals surface area contributed by atoms with Crippen LogP contribution in [0.3, 0.4) is 0 Å². The number of carbonyl (C=O) groups excluding carboxylic acids is 4. The second kappa shape index (κ2) is 11.9. The van der Waals surface area contributed by atoms with Gasteiger partial charge in [-0.15, -0.1) is 0 Å². The Morgan fingerprint density at radius 2 is 1.82 bits per heavy atom. The van der Waals surface area contributed by atoms with Crippen LogP contribution in [0.5, 0.6) is 0 Å². The Bertz CT molecular complexity index is 1210. The SMILES string of the molecule is CC(=O)Nc1ncnc2c1ncn2[C@@H]1O[C@H](COC(C)=O)[C@@H](OC(C)=O)[C@H]1OC(=O)CCC(S)C(F)(F)F. The number of amides is 1. The van der Waals surface area contributed by atoms with E-state index < -0.39 is 79.2 Å². The van der Waals surface area contributed by atoms with Crippen molar-refractivity contribution in [1.29, 1.82) is 0 Å². The quantitative estimate of drug-likeness (QED) is 0.260. The summed E-state index contributed by atoms with van der Waals surface area (Å²) >= 11 is 3.47. The van der Waals surface area contributed by atoms with Gasteiger partial charge in [0.15, 0.2) is 35.4 Å². The monoisotopic (exact) mass is 563 g/mol. The van der Waals surface area contributed by atoms with E-state index >= 15 is 0 Å². The van der Waals surface area contributed by atoms with E-state index in [0.29, 0.717) is 0 Å². The highest BCUT2D eigenvalue weighted by molar-refractivity contribution is 7.81. The summed E-state index contributed by atoms with van der Waals surface area (Å²) in [5.74, 6) is -2.85. The molecule has 2 aromatic rings. The van der Waals surface area contributed by atoms with Crippen molar-refractivity contribution in [3.05, 3.63) is 12.7 Å². The lowest BCUT2D eigenvalue weighted by Crippen LogP contribution is -2.41. The Morgan fingerprint density at radius 3 is 2.42 bits per heavy atom. The zero-order chi connectivity index (χ0) is 28.2. The van der Waals surface area contributed by atoms with Crippen LogP contribution in [0.2, 0.25) is 0 Å². The molecule has 38 heavy (non-hydrogen) atoms. The van der Waals surface area contributed by atoms with E-state index in [1.54, 1.807) is 0 Å². The summed E-state index contributed by atoms with van der Waals surface area (Å²) in [5.41, 5.74) is 0.268. The Hall–Kier alpha value is -3.47. The van der Waals surface area contributed by atoms with Gasteiger partial charge in [-0.1, -0.05) is 0 Å². The van der Waals surface area contributed by atoms with Gasteiger partial charge in [0.25, 0.3) is 0 Å². The predicted octanol–water partition coefficient (Wildman–Crippen LogP) is 1.73. The zero-order valence-corrected chi connectivity index (χ0v) is 21.2. The molecule has 3 heterocycles. The molecule has 0 spiro atoms. The number of nitrogens with one attached hydrogen (secondary N) is 1. The molecule has 2 aromatic heterocycles. The number of halogens is 3. The van der Waals surface area contributed by atoms with Crippen molar-refractivity contribution in [3.8, 4) is 0 Å². The largest absolute Gasteiger partial charge is 0.463 e. The van der Waals surface area contributed by atoms with Gasteiger partial charge >= 0.3 is 24.1 Å². The first-order valence-electron chi connectivity index (χ1n) is 11.1. The summed E-state index contributed by atoms with van der Waals surface area (Å²) in [6.45, 7) is 3.09. The van der Waals surface area contributed by atoms with E-state index in [9.17, 15) is 32.3 Å². The van der Waals surface area contributed by atoms with Crippen molar-refractivity contribution in [2.24, 2.45) is 0 Å². The molecule has 1 N–H and O–H groups in total. The zero-order valence-electron chi connectivity index (χ0n) is 20.3. The van der Waals surface area contributed by atoms with E-state index in [4.69, 9.17) is 18.9 Å². The number of alkyl halides is 3. The minimum Gasteiger partial charge on any atom is -0.463 e. The number of imidazole rings is 1. The third-order valence-corrected chi connectivity index (χ3v) is 5.78. The van der Waals surface area contributed by atoms with Gasteiger partial charge in [0.2, 0.25) is 5.91 Å². The van der Waals surface area contributed by atoms with Crippen molar-refractivity contribution < 1.29 is 51.3 Å². The van der Waals surface area contributed by atoms with Crippen LogP contribution in [0.1, 0.15) is 39.8 Å². The van der Waals surface area contributed by atoms with Crippen LogP contribution in [0.4, 0.5) is 19.0 Å². The number of fused-ring (bicyclic) bond motifs is 1. The van der Waals surface area contributed by atoms with Crippen LogP contribution >= 0.6 is 12.6 Å². The maximum absolute atomic E-state index is 12.8. The molecule has 0 aliphatic carbocycles. The van der Waals surface area contributed by atoms with Crippen molar-refractivity contribution >= 4 is 53.4 Å². The lowest BCUT2D eigenvalue weighted by molar-refractivity contribution is -0.168. The predicted molar refractivity (Wildman–Crippen MR) is 124 cm³/mol. The van der Waals surface area contributed by atoms with Gasteiger partial charge in [-0.2, -0.15) is 25.8 Å². The smallest absolute Gasteiger partial charge is 0.400 e.